The van der Waals surface area contributed by atoms with Crippen LogP contribution in [0.2, 0.25) is 0 Å². The first-order valence-corrected chi connectivity index (χ1v) is 8.58. The second-order valence-electron chi connectivity index (χ2n) is 7.90. The van der Waals surface area contributed by atoms with E-state index in [4.69, 9.17) is 9.31 Å². The number of rotatable bonds is 3. The van der Waals surface area contributed by atoms with Crippen molar-refractivity contribution < 1.29 is 13.7 Å². The summed E-state index contributed by atoms with van der Waals surface area (Å²) >= 11 is 0. The average Bonchev–Trinajstić information content (AvgIpc) is 2.93. The Balaban J connectivity index is 1.75. The number of likely N-dealkylation sites (tertiary alicyclic amines) is 1. The first-order valence-electron chi connectivity index (χ1n) is 8.58. The summed E-state index contributed by atoms with van der Waals surface area (Å²) in [6.07, 6.45) is 2.41. The predicted octanol–water partition coefficient (Wildman–Crippen LogP) is 3.11. The number of halogens is 1. The third-order valence-corrected chi connectivity index (χ3v) is 5.67. The van der Waals surface area contributed by atoms with Crippen LogP contribution < -0.4 is 5.46 Å². The van der Waals surface area contributed by atoms with Crippen LogP contribution in [0, 0.1) is 5.82 Å². The van der Waals surface area contributed by atoms with Gasteiger partial charge in [-0.05, 0) is 65.5 Å². The van der Waals surface area contributed by atoms with Gasteiger partial charge in [0.1, 0.15) is 5.82 Å². The van der Waals surface area contributed by atoms with Crippen molar-refractivity contribution >= 4 is 12.6 Å². The van der Waals surface area contributed by atoms with E-state index in [0.717, 1.165) is 17.6 Å². The highest BCUT2D eigenvalue weighted by Gasteiger charge is 2.51. The molecule has 1 atom stereocenters. The molecule has 1 unspecified atom stereocenters. The lowest BCUT2D eigenvalue weighted by Crippen LogP contribution is -2.41. The Morgan fingerprint density at radius 2 is 1.87 bits per heavy atom. The Kier molecular flexibility index (Phi) is 4.32. The van der Waals surface area contributed by atoms with E-state index in [1.54, 1.807) is 6.07 Å². The van der Waals surface area contributed by atoms with Gasteiger partial charge in [-0.2, -0.15) is 0 Å². The van der Waals surface area contributed by atoms with E-state index < -0.39 is 18.3 Å². The minimum Gasteiger partial charge on any atom is -0.399 e. The summed E-state index contributed by atoms with van der Waals surface area (Å²) < 4.78 is 26.5. The number of hydrogen-bond donors (Lipinski definition) is 0. The van der Waals surface area contributed by atoms with Gasteiger partial charge in [0.25, 0.3) is 0 Å². The van der Waals surface area contributed by atoms with Gasteiger partial charge in [0, 0.05) is 18.2 Å². The minimum atomic E-state index is -0.505. The lowest BCUT2D eigenvalue weighted by Gasteiger charge is -2.32. The Bertz CT molecular complexity index is 574. The largest absolute Gasteiger partial charge is 0.494 e. The maximum atomic E-state index is 14.5. The van der Waals surface area contributed by atoms with Crippen LogP contribution in [0.4, 0.5) is 4.39 Å². The fraction of sp³-hybridized carbons (Fsp3) is 0.667. The van der Waals surface area contributed by atoms with Gasteiger partial charge in [0.2, 0.25) is 0 Å². The Hall–Kier alpha value is -0.905. The van der Waals surface area contributed by atoms with Crippen LogP contribution in [0.1, 0.15) is 53.0 Å². The quantitative estimate of drug-likeness (QED) is 0.799. The van der Waals surface area contributed by atoms with Crippen LogP contribution in [-0.4, -0.2) is 35.8 Å². The van der Waals surface area contributed by atoms with Crippen LogP contribution in [0.3, 0.4) is 0 Å². The topological polar surface area (TPSA) is 21.7 Å². The second kappa shape index (κ2) is 5.87. The van der Waals surface area contributed by atoms with E-state index in [0.29, 0.717) is 12.6 Å². The second-order valence-corrected chi connectivity index (χ2v) is 7.90. The van der Waals surface area contributed by atoms with E-state index in [1.165, 1.54) is 12.8 Å². The third-order valence-electron chi connectivity index (χ3n) is 5.67. The van der Waals surface area contributed by atoms with Gasteiger partial charge in [0.05, 0.1) is 11.2 Å². The van der Waals surface area contributed by atoms with E-state index in [-0.39, 0.29) is 5.82 Å². The maximum absolute atomic E-state index is 14.5. The molecule has 5 heteroatoms. The van der Waals surface area contributed by atoms with E-state index in [9.17, 15) is 4.39 Å². The average molecular weight is 319 g/mol. The van der Waals surface area contributed by atoms with Crippen molar-refractivity contribution in [1.82, 2.24) is 4.90 Å². The summed E-state index contributed by atoms with van der Waals surface area (Å²) in [6.45, 7) is 12.0. The molecule has 3 nitrogen and oxygen atoms in total. The summed E-state index contributed by atoms with van der Waals surface area (Å²) in [4.78, 5) is 2.34. The molecule has 0 radical (unpaired) electrons. The van der Waals surface area contributed by atoms with Crippen LogP contribution >= 0.6 is 0 Å². The fourth-order valence-electron chi connectivity index (χ4n) is 3.26. The molecule has 2 aliphatic rings. The van der Waals surface area contributed by atoms with Crippen molar-refractivity contribution in [1.29, 1.82) is 0 Å². The van der Waals surface area contributed by atoms with Gasteiger partial charge in [-0.15, -0.1) is 0 Å². The van der Waals surface area contributed by atoms with Crippen LogP contribution in [0.15, 0.2) is 18.2 Å². The van der Waals surface area contributed by atoms with Crippen molar-refractivity contribution in [2.24, 2.45) is 0 Å². The Morgan fingerprint density at radius 1 is 1.22 bits per heavy atom. The molecule has 0 amide bonds. The van der Waals surface area contributed by atoms with Crippen LogP contribution in [0.25, 0.3) is 0 Å². The molecule has 1 aromatic rings. The minimum absolute atomic E-state index is 0.170. The molecule has 0 spiro atoms. The summed E-state index contributed by atoms with van der Waals surface area (Å²) in [5.74, 6) is -0.170. The molecule has 2 saturated heterocycles. The van der Waals surface area contributed by atoms with Crippen LogP contribution in [0.5, 0.6) is 0 Å². The molecule has 0 aromatic heterocycles. The van der Waals surface area contributed by atoms with Crippen molar-refractivity contribution in [3.05, 3.63) is 29.6 Å². The molecule has 2 fully saturated rings. The lowest BCUT2D eigenvalue weighted by atomic mass is 9.78. The van der Waals surface area contributed by atoms with Gasteiger partial charge >= 0.3 is 7.12 Å². The fourth-order valence-corrected chi connectivity index (χ4v) is 3.26. The molecule has 0 bridgehead atoms. The van der Waals surface area contributed by atoms with Crippen molar-refractivity contribution in [3.8, 4) is 0 Å². The SMILES string of the molecule is CC1CCCN1Cc1ccc(B2OC(C)(C)C(C)(C)O2)cc1F. The van der Waals surface area contributed by atoms with E-state index in [1.807, 2.05) is 39.8 Å². The zero-order chi connectivity index (χ0) is 16.8. The molecule has 0 aliphatic carbocycles. The Labute approximate surface area is 139 Å². The molecule has 126 valence electrons. The smallest absolute Gasteiger partial charge is 0.399 e. The summed E-state index contributed by atoms with van der Waals surface area (Å²) in [7, 11) is -0.505. The normalized spacial score (nSPS) is 26.9. The molecule has 2 aliphatic heterocycles. The molecule has 0 saturated carbocycles. The highest BCUT2D eigenvalue weighted by Crippen LogP contribution is 2.36. The molecular weight excluding hydrogens is 292 g/mol. The maximum Gasteiger partial charge on any atom is 0.494 e. The zero-order valence-electron chi connectivity index (χ0n) is 14.9. The number of hydrogen-bond acceptors (Lipinski definition) is 3. The first kappa shape index (κ1) is 16.9. The summed E-state index contributed by atoms with van der Waals surface area (Å²) in [5.41, 5.74) is 0.689. The van der Waals surface area contributed by atoms with Gasteiger partial charge in [-0.1, -0.05) is 12.1 Å². The van der Waals surface area contributed by atoms with Crippen LogP contribution in [-0.2, 0) is 15.9 Å². The van der Waals surface area contributed by atoms with E-state index in [2.05, 4.69) is 11.8 Å². The van der Waals surface area contributed by atoms with Crippen molar-refractivity contribution in [3.63, 3.8) is 0 Å². The van der Waals surface area contributed by atoms with Gasteiger partial charge in [-0.3, -0.25) is 4.90 Å². The van der Waals surface area contributed by atoms with Gasteiger partial charge < -0.3 is 9.31 Å². The number of nitrogens with zero attached hydrogens (tertiary/aromatic N) is 1. The highest BCUT2D eigenvalue weighted by molar-refractivity contribution is 6.62. The first-order chi connectivity index (χ1) is 10.7. The van der Waals surface area contributed by atoms with E-state index >= 15 is 0 Å². The third kappa shape index (κ3) is 3.19. The lowest BCUT2D eigenvalue weighted by molar-refractivity contribution is 0.00578. The molecule has 23 heavy (non-hydrogen) atoms. The van der Waals surface area contributed by atoms with Crippen molar-refractivity contribution in [2.75, 3.05) is 6.54 Å². The molecule has 0 N–H and O–H groups in total. The van der Waals surface area contributed by atoms with Crippen molar-refractivity contribution in [2.45, 2.75) is 71.2 Å². The molecular formula is C18H27BFNO2. The summed E-state index contributed by atoms with van der Waals surface area (Å²) in [6, 6.07) is 5.91. The highest BCUT2D eigenvalue weighted by atomic mass is 19.1. The standard InChI is InChI=1S/C18H27BFNO2/c1-13-7-6-10-21(13)12-14-8-9-15(11-16(14)20)19-22-17(2,3)18(4,5)23-19/h8-9,11,13H,6-7,10,12H2,1-5H3. The monoisotopic (exact) mass is 319 g/mol. The molecule has 1 aromatic carbocycles. The Morgan fingerprint density at radius 3 is 2.39 bits per heavy atom. The predicted molar refractivity (Wildman–Crippen MR) is 91.2 cm³/mol. The molecule has 2 heterocycles. The summed E-state index contributed by atoms with van der Waals surface area (Å²) in [5, 5.41) is 0. The van der Waals surface area contributed by atoms with Gasteiger partial charge in [-0.25, -0.2) is 4.39 Å². The number of benzene rings is 1. The van der Waals surface area contributed by atoms with Gasteiger partial charge in [0.15, 0.2) is 0 Å². The zero-order valence-corrected chi connectivity index (χ0v) is 14.9. The molecule has 3 rings (SSSR count).